The van der Waals surface area contributed by atoms with Crippen molar-refractivity contribution in [2.75, 3.05) is 39.3 Å². The lowest BCUT2D eigenvalue weighted by molar-refractivity contribution is 0.0203. The van der Waals surface area contributed by atoms with Crippen LogP contribution in [0, 0.1) is 0 Å². The predicted molar refractivity (Wildman–Crippen MR) is 153 cm³/mol. The Bertz CT molecular complexity index is 765. The molecule has 3 saturated heterocycles. The standard InChI is InChI=1S/C25H41I2N5O2/c1-25(2,3)34-24(33)32-14-8-18(9-15-32)23-28-19(16-21(26)30-10-4-5-11-30)20(29-23)17-22(27)31-12-6-7-13-31/h18,21-22H,4-17H2,1-3H3,(H,28,29). The van der Waals surface area contributed by atoms with Gasteiger partial charge in [0.25, 0.3) is 0 Å². The number of carbonyl (C=O) groups excluding carboxylic acids is 1. The van der Waals surface area contributed by atoms with Crippen molar-refractivity contribution in [2.45, 2.75) is 91.8 Å². The fraction of sp³-hybridized carbons (Fsp3) is 0.840. The summed E-state index contributed by atoms with van der Waals surface area (Å²) in [5.41, 5.74) is 2.14. The quantitative estimate of drug-likeness (QED) is 0.238. The van der Waals surface area contributed by atoms with Crippen LogP contribution in [0.3, 0.4) is 0 Å². The molecule has 1 amide bonds. The molecule has 34 heavy (non-hydrogen) atoms. The molecule has 0 saturated carbocycles. The van der Waals surface area contributed by atoms with E-state index in [1.165, 1.54) is 63.3 Å². The molecule has 4 rings (SSSR count). The average Bonchev–Trinajstić information content (AvgIpc) is 3.55. The minimum atomic E-state index is -0.449. The maximum Gasteiger partial charge on any atom is 0.410 e. The summed E-state index contributed by atoms with van der Waals surface area (Å²) in [6.07, 6.45) is 9.00. The van der Waals surface area contributed by atoms with Crippen molar-refractivity contribution in [2.24, 2.45) is 0 Å². The van der Waals surface area contributed by atoms with Crippen LogP contribution in [-0.4, -0.2) is 83.7 Å². The Morgan fingerprint density at radius 2 is 1.50 bits per heavy atom. The molecule has 3 fully saturated rings. The fourth-order valence-corrected chi connectivity index (χ4v) is 7.26. The van der Waals surface area contributed by atoms with Crippen LogP contribution in [0.25, 0.3) is 0 Å². The van der Waals surface area contributed by atoms with Gasteiger partial charge in [0, 0.05) is 37.5 Å². The summed E-state index contributed by atoms with van der Waals surface area (Å²) in [6.45, 7) is 12.1. The largest absolute Gasteiger partial charge is 0.444 e. The second kappa shape index (κ2) is 11.9. The lowest BCUT2D eigenvalue weighted by Gasteiger charge is -2.32. The van der Waals surface area contributed by atoms with E-state index in [-0.39, 0.29) is 6.09 Å². The Morgan fingerprint density at radius 1 is 0.971 bits per heavy atom. The van der Waals surface area contributed by atoms with Gasteiger partial charge in [0.2, 0.25) is 0 Å². The highest BCUT2D eigenvalue weighted by Gasteiger charge is 2.31. The molecule has 1 aromatic heterocycles. The van der Waals surface area contributed by atoms with Gasteiger partial charge in [-0.2, -0.15) is 0 Å². The van der Waals surface area contributed by atoms with Crippen molar-refractivity contribution < 1.29 is 9.53 Å². The third-order valence-corrected chi connectivity index (χ3v) is 9.68. The van der Waals surface area contributed by atoms with Crippen molar-refractivity contribution in [3.05, 3.63) is 17.2 Å². The van der Waals surface area contributed by atoms with Crippen molar-refractivity contribution in [3.63, 3.8) is 0 Å². The van der Waals surface area contributed by atoms with Gasteiger partial charge in [-0.25, -0.2) is 9.78 Å². The second-order valence-electron chi connectivity index (χ2n) is 11.1. The van der Waals surface area contributed by atoms with Gasteiger partial charge >= 0.3 is 6.09 Å². The number of ether oxygens (including phenoxy) is 1. The molecule has 1 N–H and O–H groups in total. The minimum Gasteiger partial charge on any atom is -0.444 e. The van der Waals surface area contributed by atoms with Gasteiger partial charge in [-0.05, 0) is 85.5 Å². The molecule has 0 bridgehead atoms. The number of hydrogen-bond donors (Lipinski definition) is 1. The highest BCUT2D eigenvalue weighted by Crippen LogP contribution is 2.31. The molecule has 192 valence electrons. The third kappa shape index (κ3) is 7.21. The number of rotatable bonds is 7. The van der Waals surface area contributed by atoms with E-state index in [1.54, 1.807) is 0 Å². The molecule has 2 atom stereocenters. The highest BCUT2D eigenvalue weighted by atomic mass is 127. The maximum atomic E-state index is 12.5. The number of nitrogens with one attached hydrogen (secondary N) is 1. The van der Waals surface area contributed by atoms with Crippen molar-refractivity contribution in [3.8, 4) is 0 Å². The normalized spacial score (nSPS) is 22.9. The summed E-state index contributed by atoms with van der Waals surface area (Å²) in [4.78, 5) is 28.6. The lowest BCUT2D eigenvalue weighted by Crippen LogP contribution is -2.41. The van der Waals surface area contributed by atoms with Crippen LogP contribution in [0.4, 0.5) is 4.79 Å². The number of imidazole rings is 1. The summed E-state index contributed by atoms with van der Waals surface area (Å²) in [7, 11) is 0. The molecular weight excluding hydrogens is 656 g/mol. The van der Waals surface area contributed by atoms with Crippen LogP contribution in [0.1, 0.15) is 82.4 Å². The molecule has 0 spiro atoms. The second-order valence-corrected chi connectivity index (χ2v) is 13.9. The Hall–Kier alpha value is -0.140. The minimum absolute atomic E-state index is 0.191. The first-order chi connectivity index (χ1) is 16.2. The van der Waals surface area contributed by atoms with E-state index in [1.807, 2.05) is 25.7 Å². The molecule has 0 aromatic carbocycles. The number of hydrogen-bond acceptors (Lipinski definition) is 5. The summed E-state index contributed by atoms with van der Waals surface area (Å²) < 4.78 is 6.60. The zero-order valence-corrected chi connectivity index (χ0v) is 25.3. The molecule has 2 unspecified atom stereocenters. The molecule has 4 heterocycles. The number of piperidine rings is 1. The third-order valence-electron chi connectivity index (χ3n) is 7.22. The Balaban J connectivity index is 1.43. The number of H-pyrrole nitrogens is 1. The molecule has 0 aliphatic carbocycles. The van der Waals surface area contributed by atoms with Crippen LogP contribution in [-0.2, 0) is 17.6 Å². The summed E-state index contributed by atoms with van der Waals surface area (Å²) >= 11 is 5.25. The molecule has 3 aliphatic heterocycles. The average molecular weight is 697 g/mol. The zero-order chi connectivity index (χ0) is 24.3. The van der Waals surface area contributed by atoms with Crippen molar-refractivity contribution in [1.29, 1.82) is 0 Å². The van der Waals surface area contributed by atoms with E-state index < -0.39 is 5.60 Å². The van der Waals surface area contributed by atoms with Gasteiger partial charge < -0.3 is 14.6 Å². The van der Waals surface area contributed by atoms with Crippen LogP contribution < -0.4 is 0 Å². The number of nitrogens with zero attached hydrogens (tertiary/aromatic N) is 4. The van der Waals surface area contributed by atoms with Gasteiger partial charge in [-0.3, -0.25) is 9.80 Å². The molecule has 1 aromatic rings. The van der Waals surface area contributed by atoms with Gasteiger partial charge in [0.05, 0.1) is 13.8 Å². The molecule has 7 nitrogen and oxygen atoms in total. The number of amides is 1. The number of carbonyl (C=O) groups is 1. The van der Waals surface area contributed by atoms with Crippen LogP contribution in [0.5, 0.6) is 0 Å². The zero-order valence-electron chi connectivity index (χ0n) is 21.0. The van der Waals surface area contributed by atoms with E-state index >= 15 is 0 Å². The van der Waals surface area contributed by atoms with Crippen LogP contribution in [0.2, 0.25) is 0 Å². The number of likely N-dealkylation sites (tertiary alicyclic amines) is 3. The van der Waals surface area contributed by atoms with E-state index in [0.717, 1.165) is 44.6 Å². The van der Waals surface area contributed by atoms with Crippen molar-refractivity contribution in [1.82, 2.24) is 24.7 Å². The van der Waals surface area contributed by atoms with Crippen LogP contribution >= 0.6 is 45.2 Å². The molecular formula is C25H41I2N5O2. The Labute approximate surface area is 232 Å². The first kappa shape index (κ1) is 26.9. The molecule has 3 aliphatic rings. The fourth-order valence-electron chi connectivity index (χ4n) is 5.29. The highest BCUT2D eigenvalue weighted by molar-refractivity contribution is 14.1. The lowest BCUT2D eigenvalue weighted by atomic mass is 9.96. The first-order valence-electron chi connectivity index (χ1n) is 13.0. The number of alkyl halides is 2. The predicted octanol–water partition coefficient (Wildman–Crippen LogP) is 5.32. The van der Waals surface area contributed by atoms with Gasteiger partial charge in [0.15, 0.2) is 0 Å². The van der Waals surface area contributed by atoms with Crippen molar-refractivity contribution >= 4 is 51.3 Å². The monoisotopic (exact) mass is 697 g/mol. The Kier molecular flexibility index (Phi) is 9.45. The number of aromatic nitrogens is 2. The maximum absolute atomic E-state index is 12.5. The summed E-state index contributed by atoms with van der Waals surface area (Å²) in [6, 6.07) is 0. The van der Waals surface area contributed by atoms with E-state index in [0.29, 0.717) is 14.0 Å². The van der Waals surface area contributed by atoms with E-state index in [9.17, 15) is 4.79 Å². The molecule has 9 heteroatoms. The van der Waals surface area contributed by atoms with Gasteiger partial charge in [-0.1, -0.05) is 45.2 Å². The van der Waals surface area contributed by atoms with Gasteiger partial charge in [-0.15, -0.1) is 0 Å². The van der Waals surface area contributed by atoms with Crippen LogP contribution in [0.15, 0.2) is 0 Å². The first-order valence-corrected chi connectivity index (χ1v) is 15.5. The van der Waals surface area contributed by atoms with E-state index in [4.69, 9.17) is 9.72 Å². The molecule has 0 radical (unpaired) electrons. The topological polar surface area (TPSA) is 64.7 Å². The Morgan fingerprint density at radius 3 is 2.03 bits per heavy atom. The van der Waals surface area contributed by atoms with Gasteiger partial charge in [0.1, 0.15) is 11.4 Å². The SMILES string of the molecule is CC(C)(C)OC(=O)N1CCC(c2nc(CC(I)N3CCCC3)c(CC(I)N3CCCC3)[nH]2)CC1. The summed E-state index contributed by atoms with van der Waals surface area (Å²) in [5, 5.41) is 0. The summed E-state index contributed by atoms with van der Waals surface area (Å²) in [5.74, 6) is 1.51. The number of halogens is 2. The number of aromatic amines is 1. The van der Waals surface area contributed by atoms with E-state index in [2.05, 4.69) is 60.0 Å². The smallest absolute Gasteiger partial charge is 0.410 e.